The number of hydrogen-bond acceptors (Lipinski definition) is 4. The number of nitrogens with zero attached hydrogens (tertiary/aromatic N) is 3. The first kappa shape index (κ1) is 18.8. The van der Waals surface area contributed by atoms with Crippen molar-refractivity contribution in [2.75, 3.05) is 6.54 Å². The Morgan fingerprint density at radius 2 is 2.00 bits per heavy atom. The van der Waals surface area contributed by atoms with Gasteiger partial charge in [0, 0.05) is 19.0 Å². The zero-order chi connectivity index (χ0) is 18.1. The molecule has 0 fully saturated rings. The fourth-order valence-corrected chi connectivity index (χ4v) is 2.37. The van der Waals surface area contributed by atoms with Crippen LogP contribution in [0.2, 0.25) is 0 Å². The molecule has 2 aromatic rings. The van der Waals surface area contributed by atoms with Gasteiger partial charge in [-0.2, -0.15) is 0 Å². The van der Waals surface area contributed by atoms with Gasteiger partial charge in [0.2, 0.25) is 5.91 Å². The van der Waals surface area contributed by atoms with Crippen LogP contribution in [0.3, 0.4) is 0 Å². The average molecular weight is 338 g/mol. The molecule has 0 radical (unpaired) electrons. The number of unbranched alkanes of at least 4 members (excludes halogenated alkanes) is 1. The van der Waals surface area contributed by atoms with E-state index in [1.54, 1.807) is 12.4 Å². The molecule has 2 aromatic heterocycles. The van der Waals surface area contributed by atoms with Crippen LogP contribution in [-0.4, -0.2) is 34.7 Å². The minimum absolute atomic E-state index is 0.0272. The van der Waals surface area contributed by atoms with Crippen molar-refractivity contribution in [3.8, 4) is 11.4 Å². The smallest absolute Gasteiger partial charge is 0.245 e. The SMILES string of the molecule is CCCCNC(=O)C(N=Cc1cccc(-c2ccccn2)n1)C(C)C. The topological polar surface area (TPSA) is 67.2 Å². The first-order valence-electron chi connectivity index (χ1n) is 8.81. The Balaban J connectivity index is 2.11. The van der Waals surface area contributed by atoms with Crippen molar-refractivity contribution in [2.45, 2.75) is 39.7 Å². The van der Waals surface area contributed by atoms with Crippen LogP contribution in [0.15, 0.2) is 47.6 Å². The Kier molecular flexibility index (Phi) is 7.26. The molecule has 0 aliphatic carbocycles. The summed E-state index contributed by atoms with van der Waals surface area (Å²) < 4.78 is 0. The highest BCUT2D eigenvalue weighted by atomic mass is 16.2. The molecule has 0 saturated heterocycles. The van der Waals surface area contributed by atoms with E-state index >= 15 is 0 Å². The van der Waals surface area contributed by atoms with Gasteiger partial charge in [-0.3, -0.25) is 14.8 Å². The van der Waals surface area contributed by atoms with Crippen LogP contribution in [-0.2, 0) is 4.79 Å². The van der Waals surface area contributed by atoms with Crippen LogP contribution in [0.4, 0.5) is 0 Å². The summed E-state index contributed by atoms with van der Waals surface area (Å²) in [7, 11) is 0. The molecule has 2 heterocycles. The normalized spacial score (nSPS) is 12.5. The molecule has 0 bridgehead atoms. The maximum atomic E-state index is 12.3. The summed E-state index contributed by atoms with van der Waals surface area (Å²) in [6.07, 6.45) is 5.46. The number of carbonyl (C=O) groups is 1. The first-order chi connectivity index (χ1) is 12.1. The van der Waals surface area contributed by atoms with Crippen molar-refractivity contribution >= 4 is 12.1 Å². The maximum absolute atomic E-state index is 12.3. The molecule has 1 amide bonds. The van der Waals surface area contributed by atoms with Crippen molar-refractivity contribution in [3.05, 3.63) is 48.3 Å². The van der Waals surface area contributed by atoms with E-state index in [4.69, 9.17) is 0 Å². The Morgan fingerprint density at radius 1 is 1.20 bits per heavy atom. The number of rotatable bonds is 8. The summed E-state index contributed by atoms with van der Waals surface area (Å²) in [6, 6.07) is 11.0. The molecule has 1 unspecified atom stereocenters. The average Bonchev–Trinajstić information content (AvgIpc) is 2.63. The summed E-state index contributed by atoms with van der Waals surface area (Å²) in [4.78, 5) is 25.7. The highest BCUT2D eigenvalue weighted by molar-refractivity contribution is 5.86. The third-order valence-corrected chi connectivity index (χ3v) is 3.80. The molecule has 1 N–H and O–H groups in total. The maximum Gasteiger partial charge on any atom is 0.245 e. The van der Waals surface area contributed by atoms with Gasteiger partial charge < -0.3 is 5.32 Å². The van der Waals surface area contributed by atoms with Crippen molar-refractivity contribution < 1.29 is 4.79 Å². The summed E-state index contributed by atoms with van der Waals surface area (Å²) in [5.74, 6) is 0.0948. The van der Waals surface area contributed by atoms with Crippen molar-refractivity contribution in [1.29, 1.82) is 0 Å². The van der Waals surface area contributed by atoms with Gasteiger partial charge in [-0.25, -0.2) is 4.98 Å². The first-order valence-corrected chi connectivity index (χ1v) is 8.81. The number of carbonyl (C=O) groups excluding carboxylic acids is 1. The fraction of sp³-hybridized carbons (Fsp3) is 0.400. The Hall–Kier alpha value is -2.56. The monoisotopic (exact) mass is 338 g/mol. The zero-order valence-corrected chi connectivity index (χ0v) is 15.1. The molecule has 2 rings (SSSR count). The van der Waals surface area contributed by atoms with Gasteiger partial charge in [-0.1, -0.05) is 39.3 Å². The van der Waals surface area contributed by atoms with E-state index in [2.05, 4.69) is 27.2 Å². The third kappa shape index (κ3) is 5.78. The number of hydrogen-bond donors (Lipinski definition) is 1. The number of nitrogens with one attached hydrogen (secondary N) is 1. The predicted molar refractivity (Wildman–Crippen MR) is 102 cm³/mol. The van der Waals surface area contributed by atoms with Gasteiger partial charge in [0.05, 0.1) is 17.1 Å². The fourth-order valence-electron chi connectivity index (χ4n) is 2.37. The largest absolute Gasteiger partial charge is 0.354 e. The molecule has 1 atom stereocenters. The molecule has 0 aliphatic rings. The van der Waals surface area contributed by atoms with Gasteiger partial charge in [-0.05, 0) is 36.6 Å². The van der Waals surface area contributed by atoms with E-state index in [-0.39, 0.29) is 11.8 Å². The molecule has 5 nitrogen and oxygen atoms in total. The summed E-state index contributed by atoms with van der Waals surface area (Å²) in [5.41, 5.74) is 2.32. The summed E-state index contributed by atoms with van der Waals surface area (Å²) in [5, 5.41) is 2.96. The van der Waals surface area contributed by atoms with Crippen molar-refractivity contribution in [2.24, 2.45) is 10.9 Å². The molecule has 5 heteroatoms. The molecule has 0 spiro atoms. The van der Waals surface area contributed by atoms with E-state index in [1.165, 1.54) is 0 Å². The van der Waals surface area contributed by atoms with E-state index in [0.29, 0.717) is 6.54 Å². The highest BCUT2D eigenvalue weighted by Gasteiger charge is 2.20. The Labute approximate surface area is 149 Å². The van der Waals surface area contributed by atoms with Crippen LogP contribution >= 0.6 is 0 Å². The molecule has 25 heavy (non-hydrogen) atoms. The van der Waals surface area contributed by atoms with Crippen LogP contribution in [0.5, 0.6) is 0 Å². The van der Waals surface area contributed by atoms with E-state index in [0.717, 1.165) is 29.9 Å². The van der Waals surface area contributed by atoms with Crippen LogP contribution in [0.1, 0.15) is 39.3 Å². The lowest BCUT2D eigenvalue weighted by molar-refractivity contribution is -0.123. The van der Waals surface area contributed by atoms with Gasteiger partial charge in [-0.15, -0.1) is 0 Å². The highest BCUT2D eigenvalue weighted by Crippen LogP contribution is 2.13. The van der Waals surface area contributed by atoms with Crippen molar-refractivity contribution in [1.82, 2.24) is 15.3 Å². The van der Waals surface area contributed by atoms with Gasteiger partial charge in [0.1, 0.15) is 6.04 Å². The standard InChI is InChI=1S/C20H26N4O/c1-4-5-12-22-20(25)19(15(2)3)23-14-16-9-8-11-18(24-16)17-10-6-7-13-21-17/h6-11,13-15,19H,4-5,12H2,1-3H3,(H,22,25). The second kappa shape index (κ2) is 9.67. The molecule has 0 saturated carbocycles. The lowest BCUT2D eigenvalue weighted by Gasteiger charge is -2.16. The van der Waals surface area contributed by atoms with Gasteiger partial charge in [0.15, 0.2) is 0 Å². The van der Waals surface area contributed by atoms with E-state index < -0.39 is 6.04 Å². The number of aromatic nitrogens is 2. The Bertz CT molecular complexity index is 698. The molecular formula is C20H26N4O. The molecular weight excluding hydrogens is 312 g/mol. The van der Waals surface area contributed by atoms with Crippen LogP contribution < -0.4 is 5.32 Å². The van der Waals surface area contributed by atoms with Crippen LogP contribution in [0, 0.1) is 5.92 Å². The molecule has 132 valence electrons. The number of pyridine rings is 2. The minimum atomic E-state index is -0.405. The second-order valence-electron chi connectivity index (χ2n) is 6.27. The van der Waals surface area contributed by atoms with E-state index in [1.807, 2.05) is 50.2 Å². The molecule has 0 aliphatic heterocycles. The van der Waals surface area contributed by atoms with Crippen LogP contribution in [0.25, 0.3) is 11.4 Å². The lowest BCUT2D eigenvalue weighted by atomic mass is 10.0. The zero-order valence-electron chi connectivity index (χ0n) is 15.1. The summed E-state index contributed by atoms with van der Waals surface area (Å²) in [6.45, 7) is 6.80. The van der Waals surface area contributed by atoms with Crippen molar-refractivity contribution in [3.63, 3.8) is 0 Å². The third-order valence-electron chi connectivity index (χ3n) is 3.80. The van der Waals surface area contributed by atoms with E-state index in [9.17, 15) is 4.79 Å². The lowest BCUT2D eigenvalue weighted by Crippen LogP contribution is -2.37. The molecule has 0 aromatic carbocycles. The predicted octanol–water partition coefficient (Wildman–Crippen LogP) is 3.50. The van der Waals surface area contributed by atoms with Gasteiger partial charge in [0.25, 0.3) is 0 Å². The van der Waals surface area contributed by atoms with Gasteiger partial charge >= 0.3 is 0 Å². The number of amides is 1. The summed E-state index contributed by atoms with van der Waals surface area (Å²) >= 11 is 0. The second-order valence-corrected chi connectivity index (χ2v) is 6.27. The number of aliphatic imine (C=N–C) groups is 1. The Morgan fingerprint density at radius 3 is 2.68 bits per heavy atom. The quantitative estimate of drug-likeness (QED) is 0.592. The minimum Gasteiger partial charge on any atom is -0.354 e.